The number of ether oxygens (including phenoxy) is 1. The first-order valence-corrected chi connectivity index (χ1v) is 8.69. The molecule has 3 aromatic rings. The van der Waals surface area contributed by atoms with Crippen molar-refractivity contribution < 1.29 is 17.9 Å². The zero-order valence-electron chi connectivity index (χ0n) is 14.7. The maximum absolute atomic E-state index is 13.2. The van der Waals surface area contributed by atoms with Gasteiger partial charge in [0.25, 0.3) is 0 Å². The van der Waals surface area contributed by atoms with Crippen LogP contribution in [0.3, 0.4) is 0 Å². The molecule has 0 amide bonds. The number of nitrogens with one attached hydrogen (secondary N) is 1. The summed E-state index contributed by atoms with van der Waals surface area (Å²) in [5.41, 5.74) is 0.836. The zero-order valence-corrected chi connectivity index (χ0v) is 14.7. The van der Waals surface area contributed by atoms with E-state index in [1.165, 1.54) is 10.5 Å². The summed E-state index contributed by atoms with van der Waals surface area (Å²) in [6.07, 6.45) is 4.77. The minimum Gasteiger partial charge on any atom is -0.488 e. The molecule has 2 aromatic heterocycles. The van der Waals surface area contributed by atoms with Crippen molar-refractivity contribution in [2.75, 3.05) is 6.61 Å². The van der Waals surface area contributed by atoms with Crippen molar-refractivity contribution in [3.05, 3.63) is 76.4 Å². The lowest BCUT2D eigenvalue weighted by molar-refractivity contribution is -0.137. The van der Waals surface area contributed by atoms with Crippen LogP contribution in [0.25, 0.3) is 16.8 Å². The normalized spacial score (nSPS) is 14.3. The fraction of sp³-hybridized carbons (Fsp3) is 0.200. The van der Waals surface area contributed by atoms with Gasteiger partial charge < -0.3 is 4.74 Å². The smallest absolute Gasteiger partial charge is 0.416 e. The van der Waals surface area contributed by atoms with Crippen molar-refractivity contribution in [3.63, 3.8) is 0 Å². The summed E-state index contributed by atoms with van der Waals surface area (Å²) in [5, 5.41) is 6.41. The molecule has 0 unspecified atom stereocenters. The number of rotatable bonds is 4. The molecule has 1 aliphatic rings. The van der Waals surface area contributed by atoms with Crippen LogP contribution in [0.1, 0.15) is 18.4 Å². The van der Waals surface area contributed by atoms with Gasteiger partial charge in [0.05, 0.1) is 11.1 Å². The first-order valence-electron chi connectivity index (χ1n) is 8.69. The Hall–Kier alpha value is -3.29. The van der Waals surface area contributed by atoms with E-state index in [9.17, 15) is 18.0 Å². The molecule has 0 saturated heterocycles. The molecule has 1 N–H and O–H groups in total. The van der Waals surface area contributed by atoms with Crippen LogP contribution in [-0.2, 0) is 6.18 Å². The maximum atomic E-state index is 13.2. The Morgan fingerprint density at radius 1 is 1.21 bits per heavy atom. The fourth-order valence-corrected chi connectivity index (χ4v) is 3.11. The van der Waals surface area contributed by atoms with Crippen LogP contribution in [0.5, 0.6) is 5.75 Å². The van der Waals surface area contributed by atoms with Gasteiger partial charge in [-0.05, 0) is 48.7 Å². The summed E-state index contributed by atoms with van der Waals surface area (Å²) in [6, 6.07) is 6.60. The third kappa shape index (κ3) is 3.45. The Kier molecular flexibility index (Phi) is 4.54. The molecule has 2 heterocycles. The summed E-state index contributed by atoms with van der Waals surface area (Å²) in [6.45, 7) is 0.144. The molecule has 4 rings (SSSR count). The first-order chi connectivity index (χ1) is 13.4. The van der Waals surface area contributed by atoms with Crippen molar-refractivity contribution in [3.8, 4) is 17.0 Å². The standard InChI is InChI=1S/C20H16F3N3O2/c21-20(22,23)14-8-9-15(17(11-14)28-12-13-5-2-1-3-6-13)18-16-7-4-10-26(16)19(27)25-24-18/h2,4-11H,1,3,12H2,(H,25,27). The van der Waals surface area contributed by atoms with Crippen LogP contribution >= 0.6 is 0 Å². The van der Waals surface area contributed by atoms with Crippen molar-refractivity contribution >= 4 is 5.52 Å². The molecule has 0 bridgehead atoms. The highest BCUT2D eigenvalue weighted by atomic mass is 19.4. The van der Waals surface area contributed by atoms with Gasteiger partial charge in [0.15, 0.2) is 0 Å². The summed E-state index contributed by atoms with van der Waals surface area (Å²) in [5.74, 6) is 0.0531. The molecule has 1 aromatic carbocycles. The molecule has 144 valence electrons. The van der Waals surface area contributed by atoms with Crippen LogP contribution in [-0.4, -0.2) is 21.2 Å². The highest BCUT2D eigenvalue weighted by Gasteiger charge is 2.31. The molecule has 0 saturated carbocycles. The van der Waals surface area contributed by atoms with Gasteiger partial charge in [-0.25, -0.2) is 9.89 Å². The van der Waals surface area contributed by atoms with Crippen LogP contribution in [0.15, 0.2) is 65.1 Å². The molecule has 0 fully saturated rings. The van der Waals surface area contributed by atoms with Crippen molar-refractivity contribution in [1.29, 1.82) is 0 Å². The van der Waals surface area contributed by atoms with E-state index in [4.69, 9.17) is 4.74 Å². The number of aromatic amines is 1. The topological polar surface area (TPSA) is 59.4 Å². The molecule has 0 radical (unpaired) electrons. The van der Waals surface area contributed by atoms with E-state index < -0.39 is 17.4 Å². The van der Waals surface area contributed by atoms with Gasteiger partial charge >= 0.3 is 11.9 Å². The second kappa shape index (κ2) is 7.03. The Balaban J connectivity index is 1.80. The number of H-pyrrole nitrogens is 1. The Morgan fingerprint density at radius 2 is 2.07 bits per heavy atom. The van der Waals surface area contributed by atoms with Crippen molar-refractivity contribution in [2.45, 2.75) is 19.0 Å². The predicted molar refractivity (Wildman–Crippen MR) is 98.2 cm³/mol. The fourth-order valence-electron chi connectivity index (χ4n) is 3.11. The number of benzene rings is 1. The molecule has 5 nitrogen and oxygen atoms in total. The largest absolute Gasteiger partial charge is 0.488 e. The second-order valence-corrected chi connectivity index (χ2v) is 6.40. The predicted octanol–water partition coefficient (Wildman–Crippen LogP) is 4.36. The summed E-state index contributed by atoms with van der Waals surface area (Å²) in [4.78, 5) is 11.9. The highest BCUT2D eigenvalue weighted by molar-refractivity contribution is 5.80. The Labute approximate surface area is 157 Å². The first kappa shape index (κ1) is 18.1. The molecule has 1 aliphatic carbocycles. The van der Waals surface area contributed by atoms with E-state index >= 15 is 0 Å². The molecular formula is C20H16F3N3O2. The average Bonchev–Trinajstić information content (AvgIpc) is 3.18. The second-order valence-electron chi connectivity index (χ2n) is 6.40. The minimum atomic E-state index is -4.50. The Bertz CT molecular complexity index is 1140. The zero-order chi connectivity index (χ0) is 19.7. The van der Waals surface area contributed by atoms with Gasteiger partial charge in [-0.15, -0.1) is 0 Å². The van der Waals surface area contributed by atoms with Crippen molar-refractivity contribution in [2.24, 2.45) is 0 Å². The minimum absolute atomic E-state index is 0.0531. The van der Waals surface area contributed by atoms with Gasteiger partial charge in [-0.3, -0.25) is 4.40 Å². The van der Waals surface area contributed by atoms with Gasteiger partial charge in [-0.1, -0.05) is 18.2 Å². The van der Waals surface area contributed by atoms with Crippen LogP contribution in [0, 0.1) is 0 Å². The molecule has 0 atom stereocenters. The van der Waals surface area contributed by atoms with E-state index in [0.29, 0.717) is 16.8 Å². The maximum Gasteiger partial charge on any atom is 0.416 e. The highest BCUT2D eigenvalue weighted by Crippen LogP contribution is 2.37. The van der Waals surface area contributed by atoms with Crippen LogP contribution in [0.2, 0.25) is 0 Å². The van der Waals surface area contributed by atoms with E-state index in [0.717, 1.165) is 30.5 Å². The number of aromatic nitrogens is 3. The number of hydrogen-bond acceptors (Lipinski definition) is 3. The average molecular weight is 387 g/mol. The Morgan fingerprint density at radius 3 is 2.82 bits per heavy atom. The molecule has 0 spiro atoms. The molecule has 28 heavy (non-hydrogen) atoms. The third-order valence-corrected chi connectivity index (χ3v) is 4.50. The summed E-state index contributed by atoms with van der Waals surface area (Å²) in [7, 11) is 0. The number of hydrogen-bond donors (Lipinski definition) is 1. The van der Waals surface area contributed by atoms with E-state index in [1.54, 1.807) is 18.3 Å². The molecule has 8 heteroatoms. The number of nitrogens with zero attached hydrogens (tertiary/aromatic N) is 2. The van der Waals surface area contributed by atoms with E-state index in [1.807, 2.05) is 18.2 Å². The quantitative estimate of drug-likeness (QED) is 0.724. The van der Waals surface area contributed by atoms with Crippen LogP contribution in [0.4, 0.5) is 13.2 Å². The molecule has 0 aliphatic heterocycles. The van der Waals surface area contributed by atoms with Crippen LogP contribution < -0.4 is 10.4 Å². The molecular weight excluding hydrogens is 371 g/mol. The van der Waals surface area contributed by atoms with Gasteiger partial charge in [0.1, 0.15) is 18.1 Å². The van der Waals surface area contributed by atoms with Gasteiger partial charge in [-0.2, -0.15) is 18.3 Å². The van der Waals surface area contributed by atoms with Gasteiger partial charge in [0.2, 0.25) is 0 Å². The third-order valence-electron chi connectivity index (χ3n) is 4.50. The number of fused-ring (bicyclic) bond motifs is 1. The number of halogens is 3. The summed E-state index contributed by atoms with van der Waals surface area (Å²) < 4.78 is 46.7. The number of allylic oxidation sites excluding steroid dienone is 2. The van der Waals surface area contributed by atoms with E-state index in [-0.39, 0.29) is 12.4 Å². The van der Waals surface area contributed by atoms with Gasteiger partial charge in [0, 0.05) is 11.8 Å². The van der Waals surface area contributed by atoms with E-state index in [2.05, 4.69) is 10.2 Å². The lowest BCUT2D eigenvalue weighted by Gasteiger charge is -2.16. The lowest BCUT2D eigenvalue weighted by atomic mass is 10.1. The lowest BCUT2D eigenvalue weighted by Crippen LogP contribution is -2.17. The SMILES string of the molecule is O=c1[nH]nc(-c2ccc(C(F)(F)F)cc2OCC2=CCCC=C2)c2cccn12. The monoisotopic (exact) mass is 387 g/mol. The summed E-state index contributed by atoms with van der Waals surface area (Å²) >= 11 is 0. The van der Waals surface area contributed by atoms with Crippen molar-refractivity contribution in [1.82, 2.24) is 14.6 Å². The number of alkyl halides is 3.